The number of halogens is 1. The number of benzene rings is 1. The maximum absolute atomic E-state index is 12.7. The molecule has 1 aliphatic rings. The maximum Gasteiger partial charge on any atom is 0.274 e. The average molecular weight is 406 g/mol. The molecular formula is C21H32ClN5O. The zero-order valence-electron chi connectivity index (χ0n) is 17.2. The summed E-state index contributed by atoms with van der Waals surface area (Å²) >= 11 is 0. The number of rotatable bonds is 6. The van der Waals surface area contributed by atoms with Crippen LogP contribution < -0.4 is 10.6 Å². The van der Waals surface area contributed by atoms with Gasteiger partial charge in [0.05, 0.1) is 17.8 Å². The van der Waals surface area contributed by atoms with Crippen molar-refractivity contribution in [2.24, 2.45) is 5.92 Å². The topological polar surface area (TPSA) is 71.8 Å². The Hall–Kier alpha value is -1.92. The molecule has 2 heterocycles. The van der Waals surface area contributed by atoms with E-state index in [1.807, 2.05) is 18.5 Å². The molecule has 1 fully saturated rings. The van der Waals surface area contributed by atoms with Gasteiger partial charge in [-0.15, -0.1) is 17.5 Å². The fraction of sp³-hybridized carbons (Fsp3) is 0.571. The predicted octanol–water partition coefficient (Wildman–Crippen LogP) is 3.62. The molecule has 1 aromatic heterocycles. The Morgan fingerprint density at radius 3 is 2.46 bits per heavy atom. The van der Waals surface area contributed by atoms with Crippen LogP contribution in [0.25, 0.3) is 0 Å². The second kappa shape index (κ2) is 10.0. The molecule has 6 nitrogen and oxygen atoms in total. The second-order valence-corrected chi connectivity index (χ2v) is 7.98. The van der Waals surface area contributed by atoms with Gasteiger partial charge < -0.3 is 10.6 Å². The minimum atomic E-state index is -0.161. The van der Waals surface area contributed by atoms with Crippen molar-refractivity contribution >= 4 is 18.3 Å². The van der Waals surface area contributed by atoms with E-state index in [-0.39, 0.29) is 24.4 Å². The predicted molar refractivity (Wildman–Crippen MR) is 114 cm³/mol. The van der Waals surface area contributed by atoms with Gasteiger partial charge in [0.25, 0.3) is 5.91 Å². The van der Waals surface area contributed by atoms with Gasteiger partial charge in [0.1, 0.15) is 0 Å². The summed E-state index contributed by atoms with van der Waals surface area (Å²) in [6.45, 7) is 10.3. The molecule has 1 unspecified atom stereocenters. The molecule has 0 bridgehead atoms. The number of hydrogen-bond acceptors (Lipinski definition) is 4. The molecule has 2 aromatic rings. The lowest BCUT2D eigenvalue weighted by Gasteiger charge is -2.23. The molecule has 154 valence electrons. The normalized spacial score (nSPS) is 15.9. The maximum atomic E-state index is 12.7. The lowest BCUT2D eigenvalue weighted by molar-refractivity contribution is 0.0934. The minimum Gasteiger partial charge on any atom is -0.344 e. The van der Waals surface area contributed by atoms with Gasteiger partial charge in [0, 0.05) is 0 Å². The molecule has 7 heteroatoms. The van der Waals surface area contributed by atoms with Crippen LogP contribution in [-0.4, -0.2) is 34.0 Å². The molecule has 28 heavy (non-hydrogen) atoms. The van der Waals surface area contributed by atoms with Gasteiger partial charge in [-0.2, -0.15) is 0 Å². The highest BCUT2D eigenvalue weighted by Gasteiger charge is 2.23. The zero-order valence-corrected chi connectivity index (χ0v) is 18.1. The first-order valence-electron chi connectivity index (χ1n) is 9.98. The fourth-order valence-electron chi connectivity index (χ4n) is 3.71. The first kappa shape index (κ1) is 22.4. The number of carbonyl (C=O) groups excluding carboxylic acids is 1. The average Bonchev–Trinajstić information content (AvgIpc) is 3.04. The summed E-state index contributed by atoms with van der Waals surface area (Å²) in [6.07, 6.45) is 3.11. The Labute approximate surface area is 173 Å². The van der Waals surface area contributed by atoms with Crippen LogP contribution in [0.4, 0.5) is 0 Å². The summed E-state index contributed by atoms with van der Waals surface area (Å²) in [5, 5.41) is 14.8. The highest BCUT2D eigenvalue weighted by Crippen LogP contribution is 2.21. The molecule has 1 amide bonds. The molecule has 1 saturated heterocycles. The molecule has 3 rings (SSSR count). The molecule has 1 atom stereocenters. The lowest BCUT2D eigenvalue weighted by atomic mass is 10.00. The third-order valence-corrected chi connectivity index (χ3v) is 5.27. The lowest BCUT2D eigenvalue weighted by Crippen LogP contribution is -2.31. The molecule has 0 saturated carbocycles. The highest BCUT2D eigenvalue weighted by molar-refractivity contribution is 5.93. The summed E-state index contributed by atoms with van der Waals surface area (Å²) < 4.78 is 1.92. The SMILES string of the molecule is Cc1c(C(=O)NC(C)c2ccc(CC(C)C)cc2)nnn1C1CCNCC1.Cl. The van der Waals surface area contributed by atoms with Crippen molar-refractivity contribution in [2.45, 2.75) is 59.0 Å². The van der Waals surface area contributed by atoms with E-state index >= 15 is 0 Å². The quantitative estimate of drug-likeness (QED) is 0.769. The second-order valence-electron chi connectivity index (χ2n) is 7.98. The van der Waals surface area contributed by atoms with Crippen molar-refractivity contribution in [3.8, 4) is 0 Å². The van der Waals surface area contributed by atoms with Gasteiger partial charge in [-0.05, 0) is 63.2 Å². The Morgan fingerprint density at radius 2 is 1.86 bits per heavy atom. The smallest absolute Gasteiger partial charge is 0.274 e. The summed E-state index contributed by atoms with van der Waals surface area (Å²) in [6, 6.07) is 8.75. The molecular weight excluding hydrogens is 374 g/mol. The van der Waals surface area contributed by atoms with Crippen LogP contribution in [0.5, 0.6) is 0 Å². The number of piperidine rings is 1. The number of aromatic nitrogens is 3. The van der Waals surface area contributed by atoms with E-state index in [1.165, 1.54) is 5.56 Å². The zero-order chi connectivity index (χ0) is 19.4. The van der Waals surface area contributed by atoms with Gasteiger partial charge in [-0.25, -0.2) is 4.68 Å². The van der Waals surface area contributed by atoms with Gasteiger partial charge >= 0.3 is 0 Å². The van der Waals surface area contributed by atoms with Crippen LogP contribution in [0.2, 0.25) is 0 Å². The molecule has 0 aliphatic carbocycles. The number of hydrogen-bond donors (Lipinski definition) is 2. The van der Waals surface area contributed by atoms with E-state index in [4.69, 9.17) is 0 Å². The minimum absolute atomic E-state index is 0. The first-order chi connectivity index (χ1) is 13.0. The van der Waals surface area contributed by atoms with E-state index in [0.29, 0.717) is 17.7 Å². The van der Waals surface area contributed by atoms with Crippen LogP contribution in [0, 0.1) is 12.8 Å². The van der Waals surface area contributed by atoms with Crippen LogP contribution in [-0.2, 0) is 6.42 Å². The Balaban J connectivity index is 0.00000280. The molecule has 1 aliphatic heterocycles. The van der Waals surface area contributed by atoms with E-state index in [1.54, 1.807) is 0 Å². The largest absolute Gasteiger partial charge is 0.344 e. The summed E-state index contributed by atoms with van der Waals surface area (Å²) in [5.41, 5.74) is 3.70. The monoisotopic (exact) mass is 405 g/mol. The van der Waals surface area contributed by atoms with Crippen molar-refractivity contribution < 1.29 is 4.79 Å². The number of nitrogens with one attached hydrogen (secondary N) is 2. The highest BCUT2D eigenvalue weighted by atomic mass is 35.5. The molecule has 0 spiro atoms. The van der Waals surface area contributed by atoms with Gasteiger partial charge in [-0.1, -0.05) is 43.3 Å². The van der Waals surface area contributed by atoms with Crippen LogP contribution in [0.3, 0.4) is 0 Å². The van der Waals surface area contributed by atoms with Crippen molar-refractivity contribution in [1.82, 2.24) is 25.6 Å². The number of amides is 1. The number of nitrogens with zero attached hydrogens (tertiary/aromatic N) is 3. The van der Waals surface area contributed by atoms with Gasteiger partial charge in [0.15, 0.2) is 5.69 Å². The fourth-order valence-corrected chi connectivity index (χ4v) is 3.71. The Bertz CT molecular complexity index is 766. The summed E-state index contributed by atoms with van der Waals surface area (Å²) in [5.74, 6) is 0.477. The first-order valence-corrected chi connectivity index (χ1v) is 9.98. The standard InChI is InChI=1S/C21H31N5O.ClH/c1-14(2)13-17-5-7-18(8-6-17)15(3)23-21(27)20-16(4)26(25-24-20)19-9-11-22-12-10-19;/h5-8,14-15,19,22H,9-13H2,1-4H3,(H,23,27);1H. The van der Waals surface area contributed by atoms with Crippen molar-refractivity contribution in [3.05, 3.63) is 46.8 Å². The van der Waals surface area contributed by atoms with Gasteiger partial charge in [-0.3, -0.25) is 4.79 Å². The summed E-state index contributed by atoms with van der Waals surface area (Å²) in [7, 11) is 0. The Morgan fingerprint density at radius 1 is 1.21 bits per heavy atom. The third kappa shape index (κ3) is 5.32. The molecule has 2 N–H and O–H groups in total. The van der Waals surface area contributed by atoms with Crippen molar-refractivity contribution in [2.75, 3.05) is 13.1 Å². The van der Waals surface area contributed by atoms with Crippen molar-refractivity contribution in [3.63, 3.8) is 0 Å². The van der Waals surface area contributed by atoms with Crippen LogP contribution in [0.1, 0.15) is 73.0 Å². The molecule has 0 radical (unpaired) electrons. The van der Waals surface area contributed by atoms with Gasteiger partial charge in [0.2, 0.25) is 0 Å². The summed E-state index contributed by atoms with van der Waals surface area (Å²) in [4.78, 5) is 12.7. The van der Waals surface area contributed by atoms with Crippen molar-refractivity contribution in [1.29, 1.82) is 0 Å². The van der Waals surface area contributed by atoms with E-state index in [0.717, 1.165) is 43.6 Å². The van der Waals surface area contributed by atoms with Crippen LogP contribution in [0.15, 0.2) is 24.3 Å². The molecule has 1 aromatic carbocycles. The third-order valence-electron chi connectivity index (χ3n) is 5.27. The van der Waals surface area contributed by atoms with E-state index in [2.05, 4.69) is 59.1 Å². The Kier molecular flexibility index (Phi) is 8.01. The van der Waals surface area contributed by atoms with E-state index in [9.17, 15) is 4.79 Å². The van der Waals surface area contributed by atoms with E-state index < -0.39 is 0 Å². The van der Waals surface area contributed by atoms with Crippen LogP contribution >= 0.6 is 12.4 Å². The number of carbonyl (C=O) groups is 1.